The average Bonchev–Trinajstić information content (AvgIpc) is 2.13. The summed E-state index contributed by atoms with van der Waals surface area (Å²) in [6.45, 7) is -0.494. The predicted octanol–water partition coefficient (Wildman–Crippen LogP) is -2.21. The Balaban J connectivity index is 4.57. The lowest BCUT2D eigenvalue weighted by Crippen LogP contribution is -2.43. The van der Waals surface area contributed by atoms with E-state index in [1.165, 1.54) is 0 Å². The molecule has 10 heteroatoms. The number of carboxylic acid groups (broad SMARTS) is 1. The summed E-state index contributed by atoms with van der Waals surface area (Å²) in [5.74, 6) is -2.73. The molecule has 0 rings (SSSR count). The molecule has 102 valence electrons. The van der Waals surface area contributed by atoms with Crippen LogP contribution in [0.4, 0.5) is 0 Å². The van der Waals surface area contributed by atoms with Gasteiger partial charge in [-0.15, -0.1) is 0 Å². The summed E-state index contributed by atoms with van der Waals surface area (Å²) in [6, 6.07) is -1.45. The van der Waals surface area contributed by atoms with Crippen LogP contribution in [0, 0.1) is 0 Å². The maximum Gasteiger partial charge on any atom is 0.321 e. The molecule has 0 bridgehead atoms. The molecule has 0 unspecified atom stereocenters. The van der Waals surface area contributed by atoms with E-state index in [0.29, 0.717) is 0 Å². The maximum atomic E-state index is 11.3. The Hall–Kier alpha value is -0.710. The van der Waals surface area contributed by atoms with E-state index in [1.54, 1.807) is 0 Å². The van der Waals surface area contributed by atoms with Crippen LogP contribution < -0.4 is 4.72 Å². The fourth-order valence-corrected chi connectivity index (χ4v) is 3.76. The number of aliphatic hydroxyl groups is 1. The number of carboxylic acids is 1. The second kappa shape index (κ2) is 6.28. The van der Waals surface area contributed by atoms with Gasteiger partial charge >= 0.3 is 5.97 Å². The summed E-state index contributed by atoms with van der Waals surface area (Å²) in [7, 11) is -7.44. The van der Waals surface area contributed by atoms with Crippen molar-refractivity contribution in [1.29, 1.82) is 0 Å². The fourth-order valence-electron chi connectivity index (χ4n) is 0.899. The Morgan fingerprint density at radius 1 is 1.24 bits per heavy atom. The molecule has 0 amide bonds. The number of sulfone groups is 1. The normalized spacial score (nSPS) is 14.5. The molecule has 0 fully saturated rings. The van der Waals surface area contributed by atoms with Gasteiger partial charge < -0.3 is 10.2 Å². The van der Waals surface area contributed by atoms with Gasteiger partial charge in [-0.1, -0.05) is 0 Å². The maximum absolute atomic E-state index is 11.3. The van der Waals surface area contributed by atoms with Crippen molar-refractivity contribution in [3.05, 3.63) is 0 Å². The molecule has 0 aromatic carbocycles. The van der Waals surface area contributed by atoms with E-state index in [2.05, 4.69) is 0 Å². The van der Waals surface area contributed by atoms with Gasteiger partial charge in [0, 0.05) is 12.9 Å². The molecule has 3 N–H and O–H groups in total. The summed E-state index contributed by atoms with van der Waals surface area (Å²) in [5, 5.41) is 17.2. The predicted molar refractivity (Wildman–Crippen MR) is 59.8 cm³/mol. The summed E-state index contributed by atoms with van der Waals surface area (Å²) in [4.78, 5) is 10.6. The van der Waals surface area contributed by atoms with E-state index in [0.717, 1.165) is 6.26 Å². The lowest BCUT2D eigenvalue weighted by molar-refractivity contribution is -0.139. The van der Waals surface area contributed by atoms with Gasteiger partial charge in [-0.3, -0.25) is 4.79 Å². The van der Waals surface area contributed by atoms with Crippen LogP contribution in [0.3, 0.4) is 0 Å². The largest absolute Gasteiger partial charge is 0.480 e. The zero-order valence-electron chi connectivity index (χ0n) is 9.16. The molecule has 0 heterocycles. The molecular weight excluding hydrogens is 274 g/mol. The third kappa shape index (κ3) is 8.07. The van der Waals surface area contributed by atoms with Crippen molar-refractivity contribution in [2.75, 3.05) is 24.4 Å². The topological polar surface area (TPSA) is 138 Å². The number of sulfonamides is 1. The average molecular weight is 289 g/mol. The van der Waals surface area contributed by atoms with Crippen molar-refractivity contribution in [2.45, 2.75) is 12.5 Å². The summed E-state index contributed by atoms with van der Waals surface area (Å²) >= 11 is 0. The molecule has 0 aromatic heterocycles. The summed E-state index contributed by atoms with van der Waals surface area (Å²) < 4.78 is 46.1. The second-order valence-corrected chi connectivity index (χ2v) is 7.60. The van der Waals surface area contributed by atoms with Gasteiger partial charge in [-0.05, 0) is 6.42 Å². The molecule has 0 aliphatic heterocycles. The van der Waals surface area contributed by atoms with Crippen LogP contribution in [0.5, 0.6) is 0 Å². The number of carbonyl (C=O) groups is 1. The quantitative estimate of drug-likeness (QED) is 0.460. The minimum Gasteiger partial charge on any atom is -0.480 e. The van der Waals surface area contributed by atoms with Gasteiger partial charge in [-0.25, -0.2) is 21.6 Å². The standard InChI is InChI=1S/C7H15NO7S2/c1-16(12,13)4-5-17(14,15)8-6(2-3-9)7(10)11/h6,8-9H,2-5H2,1H3,(H,10,11)/t6-/m0/s1. The van der Waals surface area contributed by atoms with Crippen LogP contribution in [-0.2, 0) is 24.7 Å². The van der Waals surface area contributed by atoms with Crippen LogP contribution in [-0.4, -0.2) is 63.4 Å². The van der Waals surface area contributed by atoms with Crippen molar-refractivity contribution >= 4 is 25.8 Å². The number of aliphatic hydroxyl groups excluding tert-OH is 1. The fraction of sp³-hybridized carbons (Fsp3) is 0.857. The van der Waals surface area contributed by atoms with Crippen molar-refractivity contribution in [3.63, 3.8) is 0 Å². The Kier molecular flexibility index (Phi) is 6.02. The molecule has 0 spiro atoms. The lowest BCUT2D eigenvalue weighted by Gasteiger charge is -2.13. The minimum atomic E-state index is -4.00. The van der Waals surface area contributed by atoms with Gasteiger partial charge in [0.2, 0.25) is 10.0 Å². The monoisotopic (exact) mass is 289 g/mol. The molecule has 0 radical (unpaired) electrons. The first-order chi connectivity index (χ1) is 7.57. The number of aliphatic carboxylic acids is 1. The molecule has 0 aliphatic rings. The number of hydrogen-bond acceptors (Lipinski definition) is 6. The van der Waals surface area contributed by atoms with Gasteiger partial charge in [0.25, 0.3) is 0 Å². The van der Waals surface area contributed by atoms with E-state index in [1.807, 2.05) is 4.72 Å². The van der Waals surface area contributed by atoms with Crippen molar-refractivity contribution in [3.8, 4) is 0 Å². The highest BCUT2D eigenvalue weighted by Gasteiger charge is 2.24. The first kappa shape index (κ1) is 16.3. The molecule has 0 aliphatic carbocycles. The molecule has 0 aromatic rings. The Morgan fingerprint density at radius 3 is 2.12 bits per heavy atom. The van der Waals surface area contributed by atoms with Crippen LogP contribution >= 0.6 is 0 Å². The Bertz CT molecular complexity index is 453. The van der Waals surface area contributed by atoms with Crippen LogP contribution in [0.1, 0.15) is 6.42 Å². The van der Waals surface area contributed by atoms with Crippen LogP contribution in [0.2, 0.25) is 0 Å². The van der Waals surface area contributed by atoms with Gasteiger partial charge in [0.05, 0.1) is 11.5 Å². The molecular formula is C7H15NO7S2. The van der Waals surface area contributed by atoms with Crippen molar-refractivity contribution in [1.82, 2.24) is 4.72 Å². The van der Waals surface area contributed by atoms with Crippen LogP contribution in [0.25, 0.3) is 0 Å². The summed E-state index contributed by atoms with van der Waals surface area (Å²) in [6.07, 6.45) is 0.596. The zero-order chi connectivity index (χ0) is 13.7. The van der Waals surface area contributed by atoms with Crippen molar-refractivity contribution in [2.24, 2.45) is 0 Å². The number of hydrogen-bond donors (Lipinski definition) is 3. The summed E-state index contributed by atoms with van der Waals surface area (Å²) in [5.41, 5.74) is 0. The van der Waals surface area contributed by atoms with Crippen LogP contribution in [0.15, 0.2) is 0 Å². The first-order valence-corrected chi connectivity index (χ1v) is 8.30. The Labute approximate surface area is 99.6 Å². The number of nitrogens with one attached hydrogen (secondary N) is 1. The van der Waals surface area contributed by atoms with Crippen molar-refractivity contribution < 1.29 is 31.8 Å². The minimum absolute atomic E-state index is 0.284. The SMILES string of the molecule is CS(=O)(=O)CCS(=O)(=O)N[C@@H](CCO)C(=O)O. The van der Waals surface area contributed by atoms with Gasteiger partial charge in [0.15, 0.2) is 0 Å². The number of rotatable bonds is 8. The molecule has 0 saturated heterocycles. The highest BCUT2D eigenvalue weighted by atomic mass is 32.2. The van der Waals surface area contributed by atoms with E-state index in [-0.39, 0.29) is 6.42 Å². The van der Waals surface area contributed by atoms with Gasteiger partial charge in [-0.2, -0.15) is 0 Å². The van der Waals surface area contributed by atoms with E-state index >= 15 is 0 Å². The van der Waals surface area contributed by atoms with E-state index in [9.17, 15) is 21.6 Å². The lowest BCUT2D eigenvalue weighted by atomic mass is 10.2. The van der Waals surface area contributed by atoms with Gasteiger partial charge in [0.1, 0.15) is 15.9 Å². The van der Waals surface area contributed by atoms with E-state index in [4.69, 9.17) is 10.2 Å². The third-order valence-electron chi connectivity index (χ3n) is 1.76. The second-order valence-electron chi connectivity index (χ2n) is 3.47. The third-order valence-corrected chi connectivity index (χ3v) is 4.35. The molecule has 1 atom stereocenters. The Morgan fingerprint density at radius 2 is 1.76 bits per heavy atom. The highest BCUT2D eigenvalue weighted by molar-refractivity contribution is 7.93. The molecule has 17 heavy (non-hydrogen) atoms. The highest BCUT2D eigenvalue weighted by Crippen LogP contribution is 1.97. The molecule has 8 nitrogen and oxygen atoms in total. The molecule has 0 saturated carbocycles. The zero-order valence-corrected chi connectivity index (χ0v) is 10.8. The smallest absolute Gasteiger partial charge is 0.321 e. The van der Waals surface area contributed by atoms with E-state index < -0.39 is 50.0 Å². The first-order valence-electron chi connectivity index (χ1n) is 4.59.